The van der Waals surface area contributed by atoms with Crippen molar-refractivity contribution in [1.82, 2.24) is 14.5 Å². The van der Waals surface area contributed by atoms with Crippen molar-refractivity contribution in [3.63, 3.8) is 0 Å². The van der Waals surface area contributed by atoms with Crippen molar-refractivity contribution in [2.24, 2.45) is 5.92 Å². The van der Waals surface area contributed by atoms with Gasteiger partial charge in [-0.05, 0) is 49.9 Å². The summed E-state index contributed by atoms with van der Waals surface area (Å²) in [6.07, 6.45) is -0.944. The number of alkyl halides is 3. The summed E-state index contributed by atoms with van der Waals surface area (Å²) in [4.78, 5) is 27.9. The predicted octanol–water partition coefficient (Wildman–Crippen LogP) is 2.53. The first kappa shape index (κ1) is 19.0. The lowest BCUT2D eigenvalue weighted by molar-refractivity contribution is -0.137. The van der Waals surface area contributed by atoms with Crippen LogP contribution < -0.4 is 11.2 Å². The van der Waals surface area contributed by atoms with Crippen molar-refractivity contribution < 1.29 is 13.2 Å². The molecular weight excluding hydrogens is 371 g/mol. The van der Waals surface area contributed by atoms with E-state index in [1.165, 1.54) is 16.7 Å². The van der Waals surface area contributed by atoms with Gasteiger partial charge >= 0.3 is 11.9 Å². The minimum Gasteiger partial charge on any atom is -0.302 e. The number of piperidine rings is 1. The molecule has 1 aliphatic heterocycles. The van der Waals surface area contributed by atoms with E-state index in [2.05, 4.69) is 9.88 Å². The van der Waals surface area contributed by atoms with Crippen LogP contribution in [-0.2, 0) is 18.1 Å². The molecule has 1 saturated heterocycles. The molecule has 8 heteroatoms. The number of nitrogens with one attached hydrogen (secondary N) is 1. The van der Waals surface area contributed by atoms with Crippen molar-refractivity contribution in [2.75, 3.05) is 19.6 Å². The number of aryl methyl sites for hydroxylation is 2. The smallest absolute Gasteiger partial charge is 0.302 e. The fourth-order valence-electron chi connectivity index (χ4n) is 4.44. The van der Waals surface area contributed by atoms with Crippen LogP contribution in [0.15, 0.2) is 40.1 Å². The van der Waals surface area contributed by atoms with Gasteiger partial charge in [0, 0.05) is 36.8 Å². The Morgan fingerprint density at radius 1 is 1.18 bits per heavy atom. The Labute approximate surface area is 159 Å². The highest BCUT2D eigenvalue weighted by molar-refractivity contribution is 5.39. The van der Waals surface area contributed by atoms with Gasteiger partial charge in [0.25, 0.3) is 5.56 Å². The van der Waals surface area contributed by atoms with Gasteiger partial charge in [-0.15, -0.1) is 0 Å². The number of hydrogen-bond acceptors (Lipinski definition) is 3. The molecule has 1 aromatic heterocycles. The van der Waals surface area contributed by atoms with Crippen LogP contribution in [0.1, 0.15) is 29.5 Å². The lowest BCUT2D eigenvalue weighted by Gasteiger charge is -2.21. The number of fused-ring (bicyclic) bond motifs is 1. The summed E-state index contributed by atoms with van der Waals surface area (Å²) in [5, 5.41) is 0. The monoisotopic (exact) mass is 393 g/mol. The van der Waals surface area contributed by atoms with Crippen LogP contribution in [0.3, 0.4) is 0 Å². The molecule has 1 saturated carbocycles. The van der Waals surface area contributed by atoms with E-state index >= 15 is 0 Å². The standard InChI is InChI=1S/C20H22F3N3O2/c1-13-10-26(18(28)24-17(13)27)8-2-7-25-11-16-9-19(16,12-25)14-3-5-15(6-4-14)20(21,22)23/h3-6,10,16H,2,7-9,11-12H2,1H3,(H,24,27,28)/t16?,19-/m1/s1. The van der Waals surface area contributed by atoms with Gasteiger partial charge in [0.15, 0.2) is 0 Å². The van der Waals surface area contributed by atoms with Crippen molar-refractivity contribution in [3.8, 4) is 0 Å². The molecule has 2 aromatic rings. The van der Waals surface area contributed by atoms with Gasteiger partial charge in [-0.1, -0.05) is 12.1 Å². The first-order chi connectivity index (χ1) is 13.2. The van der Waals surface area contributed by atoms with Crippen LogP contribution in [0.2, 0.25) is 0 Å². The number of benzene rings is 1. The van der Waals surface area contributed by atoms with E-state index in [4.69, 9.17) is 0 Å². The largest absolute Gasteiger partial charge is 0.416 e. The van der Waals surface area contributed by atoms with Gasteiger partial charge in [-0.25, -0.2) is 4.79 Å². The summed E-state index contributed by atoms with van der Waals surface area (Å²) < 4.78 is 39.8. The van der Waals surface area contributed by atoms with Crippen molar-refractivity contribution >= 4 is 0 Å². The molecule has 2 heterocycles. The van der Waals surface area contributed by atoms with Gasteiger partial charge in [0.05, 0.1) is 5.56 Å². The highest BCUT2D eigenvalue weighted by Crippen LogP contribution is 2.59. The highest BCUT2D eigenvalue weighted by atomic mass is 19.4. The first-order valence-corrected chi connectivity index (χ1v) is 9.39. The Bertz CT molecular complexity index is 993. The van der Waals surface area contributed by atoms with E-state index in [0.29, 0.717) is 18.0 Å². The lowest BCUT2D eigenvalue weighted by atomic mass is 9.94. The zero-order valence-electron chi connectivity index (χ0n) is 15.6. The summed E-state index contributed by atoms with van der Waals surface area (Å²) in [6.45, 7) is 4.76. The number of nitrogens with zero attached hydrogens (tertiary/aromatic N) is 2. The molecular formula is C20H22F3N3O2. The van der Waals surface area contributed by atoms with Crippen molar-refractivity contribution in [1.29, 1.82) is 0 Å². The third-order valence-corrected chi connectivity index (χ3v) is 6.07. The zero-order valence-corrected chi connectivity index (χ0v) is 15.6. The molecule has 1 unspecified atom stereocenters. The van der Waals surface area contributed by atoms with Crippen molar-refractivity contribution in [2.45, 2.75) is 37.9 Å². The number of rotatable bonds is 5. The third kappa shape index (κ3) is 3.41. The zero-order chi connectivity index (χ0) is 20.1. The maximum Gasteiger partial charge on any atom is 0.416 e. The molecule has 1 aromatic carbocycles. The topological polar surface area (TPSA) is 58.1 Å². The summed E-state index contributed by atoms with van der Waals surface area (Å²) in [7, 11) is 0. The molecule has 4 rings (SSSR count). The average Bonchev–Trinajstić information content (AvgIpc) is 3.21. The van der Waals surface area contributed by atoms with Gasteiger partial charge in [0.1, 0.15) is 0 Å². The Morgan fingerprint density at radius 3 is 2.57 bits per heavy atom. The Kier molecular flexibility index (Phi) is 4.49. The van der Waals surface area contributed by atoms with E-state index in [1.54, 1.807) is 25.3 Å². The van der Waals surface area contributed by atoms with E-state index < -0.39 is 17.4 Å². The minimum atomic E-state index is -4.31. The maximum absolute atomic E-state index is 12.8. The first-order valence-electron chi connectivity index (χ1n) is 9.39. The number of aromatic nitrogens is 2. The second-order valence-corrected chi connectivity index (χ2v) is 7.99. The number of likely N-dealkylation sites (tertiary alicyclic amines) is 1. The number of aromatic amines is 1. The number of hydrogen-bond donors (Lipinski definition) is 1. The summed E-state index contributed by atoms with van der Waals surface area (Å²) in [6, 6.07) is 5.59. The molecule has 2 fully saturated rings. The second kappa shape index (κ2) is 6.62. The van der Waals surface area contributed by atoms with Crippen LogP contribution >= 0.6 is 0 Å². The lowest BCUT2D eigenvalue weighted by Crippen LogP contribution is -2.32. The maximum atomic E-state index is 12.8. The van der Waals surface area contributed by atoms with Crippen LogP contribution in [0.25, 0.3) is 0 Å². The van der Waals surface area contributed by atoms with Gasteiger partial charge < -0.3 is 9.47 Å². The SMILES string of the molecule is Cc1cn(CCCN2CC3C[C@]3(c3ccc(C(F)(F)F)cc3)C2)c(=O)[nH]c1=O. The minimum absolute atomic E-state index is 0.0183. The van der Waals surface area contributed by atoms with E-state index in [1.807, 2.05) is 0 Å². The molecule has 2 atom stereocenters. The third-order valence-electron chi connectivity index (χ3n) is 6.07. The molecule has 28 heavy (non-hydrogen) atoms. The van der Waals surface area contributed by atoms with E-state index in [9.17, 15) is 22.8 Å². The van der Waals surface area contributed by atoms with E-state index in [0.717, 1.165) is 38.0 Å². The molecule has 1 N–H and O–H groups in total. The molecule has 0 bridgehead atoms. The number of halogens is 3. The summed E-state index contributed by atoms with van der Waals surface area (Å²) >= 11 is 0. The molecule has 150 valence electrons. The molecule has 0 spiro atoms. The Morgan fingerprint density at radius 2 is 1.89 bits per heavy atom. The van der Waals surface area contributed by atoms with Crippen LogP contribution in [-0.4, -0.2) is 34.1 Å². The van der Waals surface area contributed by atoms with Gasteiger partial charge in [0.2, 0.25) is 0 Å². The Balaban J connectivity index is 1.36. The molecule has 0 radical (unpaired) electrons. The molecule has 2 aliphatic rings. The van der Waals surface area contributed by atoms with E-state index in [-0.39, 0.29) is 11.0 Å². The normalized spacial score (nSPS) is 24.4. The summed E-state index contributed by atoms with van der Waals surface area (Å²) in [5.74, 6) is 0.488. The second-order valence-electron chi connectivity index (χ2n) is 7.99. The van der Waals surface area contributed by atoms with Crippen LogP contribution in [0, 0.1) is 12.8 Å². The van der Waals surface area contributed by atoms with Gasteiger partial charge in [-0.2, -0.15) is 13.2 Å². The number of H-pyrrole nitrogens is 1. The van der Waals surface area contributed by atoms with Crippen LogP contribution in [0.5, 0.6) is 0 Å². The molecule has 5 nitrogen and oxygen atoms in total. The molecule has 1 aliphatic carbocycles. The van der Waals surface area contributed by atoms with Gasteiger partial charge in [-0.3, -0.25) is 9.78 Å². The fourth-order valence-corrected chi connectivity index (χ4v) is 4.44. The summed E-state index contributed by atoms with van der Waals surface area (Å²) in [5.41, 5.74) is 0.0979. The quantitative estimate of drug-likeness (QED) is 0.849. The molecule has 0 amide bonds. The average molecular weight is 393 g/mol. The highest BCUT2D eigenvalue weighted by Gasteiger charge is 2.60. The van der Waals surface area contributed by atoms with Crippen molar-refractivity contribution in [3.05, 3.63) is 68.0 Å². The fraction of sp³-hybridized carbons (Fsp3) is 0.500. The van der Waals surface area contributed by atoms with Crippen LogP contribution in [0.4, 0.5) is 13.2 Å². The Hall–Kier alpha value is -2.35. The predicted molar refractivity (Wildman–Crippen MR) is 98.3 cm³/mol.